The van der Waals surface area contributed by atoms with Crippen molar-refractivity contribution in [2.45, 2.75) is 13.8 Å². The largest absolute Gasteiger partial charge is 0.456 e. The molecule has 0 spiro atoms. The van der Waals surface area contributed by atoms with E-state index in [1.165, 1.54) is 20.9 Å². The summed E-state index contributed by atoms with van der Waals surface area (Å²) in [6, 6.07) is 5.14. The van der Waals surface area contributed by atoms with Crippen molar-refractivity contribution in [1.82, 2.24) is 14.8 Å². The van der Waals surface area contributed by atoms with Gasteiger partial charge < -0.3 is 9.64 Å². The van der Waals surface area contributed by atoms with Gasteiger partial charge in [0.15, 0.2) is 10.8 Å². The molecule has 29 heavy (non-hydrogen) atoms. The molecule has 3 aromatic rings. The van der Waals surface area contributed by atoms with E-state index in [9.17, 15) is 9.59 Å². The summed E-state index contributed by atoms with van der Waals surface area (Å²) < 4.78 is 7.63. The van der Waals surface area contributed by atoms with Gasteiger partial charge in [-0.2, -0.15) is 5.10 Å². The molecule has 0 aliphatic rings. The summed E-state index contributed by atoms with van der Waals surface area (Å²) in [5, 5.41) is 7.41. The predicted molar refractivity (Wildman–Crippen MR) is 113 cm³/mol. The molecular weight excluding hydrogens is 414 g/mol. The third-order valence-electron chi connectivity index (χ3n) is 4.53. The highest BCUT2D eigenvalue weighted by Gasteiger charge is 2.17. The monoisotopic (exact) mass is 436 g/mol. The quantitative estimate of drug-likeness (QED) is 0.527. The zero-order chi connectivity index (χ0) is 21.0. The Kier molecular flexibility index (Phi) is 6.83. The van der Waals surface area contributed by atoms with Crippen molar-refractivity contribution < 1.29 is 19.2 Å². The van der Waals surface area contributed by atoms with E-state index >= 15 is 0 Å². The lowest BCUT2D eigenvalue weighted by atomic mass is 10.2. The van der Waals surface area contributed by atoms with Crippen LogP contribution in [0.2, 0.25) is 5.02 Å². The summed E-state index contributed by atoms with van der Waals surface area (Å²) in [4.78, 5) is 30.4. The highest BCUT2D eigenvalue weighted by atomic mass is 35.5. The Labute approximate surface area is 177 Å². The van der Waals surface area contributed by atoms with Gasteiger partial charge in [0, 0.05) is 13.2 Å². The van der Waals surface area contributed by atoms with Crippen molar-refractivity contribution >= 4 is 50.2 Å². The second-order valence-corrected chi connectivity index (χ2v) is 7.94. The molecule has 2 N–H and O–H groups in total. The first-order valence-corrected chi connectivity index (χ1v) is 10.5. The van der Waals surface area contributed by atoms with E-state index in [2.05, 4.69) is 29.2 Å². The number of halogens is 1. The van der Waals surface area contributed by atoms with Crippen molar-refractivity contribution in [2.75, 3.05) is 31.6 Å². The summed E-state index contributed by atoms with van der Waals surface area (Å²) in [5.74, 6) is -0.800. The maximum atomic E-state index is 12.3. The van der Waals surface area contributed by atoms with Crippen LogP contribution in [0.25, 0.3) is 10.2 Å². The molecule has 0 saturated heterocycles. The van der Waals surface area contributed by atoms with Crippen LogP contribution < -0.4 is 10.2 Å². The van der Waals surface area contributed by atoms with Crippen molar-refractivity contribution in [3.8, 4) is 0 Å². The fourth-order valence-electron chi connectivity index (χ4n) is 2.85. The molecule has 0 aliphatic heterocycles. The molecule has 0 bridgehead atoms. The first-order valence-electron chi connectivity index (χ1n) is 9.33. The molecule has 0 saturated carbocycles. The van der Waals surface area contributed by atoms with Crippen LogP contribution in [0.15, 0.2) is 24.4 Å². The topological polar surface area (TPSA) is 90.6 Å². The minimum Gasteiger partial charge on any atom is -0.456 e. The molecule has 1 aromatic carbocycles. The number of ether oxygens (including phenoxy) is 1. The van der Waals surface area contributed by atoms with Crippen LogP contribution in [0.1, 0.15) is 34.7 Å². The maximum Gasteiger partial charge on any atom is 0.338 e. The molecule has 154 valence electrons. The van der Waals surface area contributed by atoms with E-state index in [1.54, 1.807) is 31.4 Å². The molecule has 2 heterocycles. The third-order valence-corrected chi connectivity index (χ3v) is 5.74. The molecule has 3 rings (SSSR count). The fourth-order valence-corrected chi connectivity index (χ4v) is 4.01. The van der Waals surface area contributed by atoms with Crippen molar-refractivity contribution in [1.29, 1.82) is 0 Å². The first kappa shape index (κ1) is 21.2. The number of quaternary nitrogens is 1. The van der Waals surface area contributed by atoms with Gasteiger partial charge in [0.25, 0.3) is 5.91 Å². The molecule has 1 amide bonds. The lowest BCUT2D eigenvalue weighted by Gasteiger charge is -2.14. The Morgan fingerprint density at radius 1 is 1.31 bits per heavy atom. The minimum atomic E-state index is -0.437. The number of thiazole rings is 1. The van der Waals surface area contributed by atoms with Gasteiger partial charge >= 0.3 is 5.97 Å². The number of fused-ring (bicyclic) bond motifs is 1. The average Bonchev–Trinajstić information content (AvgIpc) is 3.25. The SMILES string of the molecule is CC[NH+](CC)CCOC(=O)c1ccc2nc(NC(=O)c3nn(C)cc3Cl)sc2c1. The van der Waals surface area contributed by atoms with E-state index in [0.29, 0.717) is 22.8 Å². The van der Waals surface area contributed by atoms with Crippen LogP contribution in [0.4, 0.5) is 5.13 Å². The number of esters is 1. The number of nitrogens with zero attached hydrogens (tertiary/aromatic N) is 3. The molecule has 0 atom stereocenters. The number of rotatable bonds is 8. The third kappa shape index (κ3) is 5.11. The lowest BCUT2D eigenvalue weighted by molar-refractivity contribution is -0.896. The summed E-state index contributed by atoms with van der Waals surface area (Å²) in [6.45, 7) is 7.38. The van der Waals surface area contributed by atoms with Gasteiger partial charge in [0.1, 0.15) is 13.2 Å². The fraction of sp³-hybridized carbons (Fsp3) is 0.368. The van der Waals surface area contributed by atoms with Gasteiger partial charge in [-0.25, -0.2) is 9.78 Å². The molecule has 0 aliphatic carbocycles. The van der Waals surface area contributed by atoms with E-state index in [0.717, 1.165) is 24.3 Å². The van der Waals surface area contributed by atoms with Gasteiger partial charge in [-0.05, 0) is 32.0 Å². The molecule has 0 radical (unpaired) electrons. The highest BCUT2D eigenvalue weighted by molar-refractivity contribution is 7.22. The van der Waals surface area contributed by atoms with Crippen LogP contribution in [0.3, 0.4) is 0 Å². The van der Waals surface area contributed by atoms with Crippen LogP contribution in [-0.2, 0) is 11.8 Å². The number of carbonyl (C=O) groups excluding carboxylic acids is 2. The number of hydrogen-bond acceptors (Lipinski definition) is 6. The first-order chi connectivity index (χ1) is 13.9. The number of aromatic nitrogens is 3. The molecule has 0 unspecified atom stereocenters. The van der Waals surface area contributed by atoms with Gasteiger partial charge in [0.2, 0.25) is 0 Å². The van der Waals surface area contributed by atoms with Crippen molar-refractivity contribution in [3.05, 3.63) is 40.7 Å². The number of likely N-dealkylation sites (N-methyl/N-ethyl adjacent to an activating group) is 1. The number of aryl methyl sites for hydroxylation is 1. The summed E-state index contributed by atoms with van der Waals surface area (Å²) in [7, 11) is 1.68. The lowest BCUT2D eigenvalue weighted by Crippen LogP contribution is -3.11. The zero-order valence-corrected chi connectivity index (χ0v) is 18.1. The van der Waals surface area contributed by atoms with E-state index in [1.807, 2.05) is 0 Å². The number of anilines is 1. The summed E-state index contributed by atoms with van der Waals surface area (Å²) in [5.41, 5.74) is 1.27. The minimum absolute atomic E-state index is 0.132. The molecule has 2 aromatic heterocycles. The van der Waals surface area contributed by atoms with Crippen LogP contribution in [0.5, 0.6) is 0 Å². The molecule has 10 heteroatoms. The standard InChI is InChI=1S/C19H22ClN5O3S/c1-4-25(5-2)8-9-28-18(27)12-6-7-14-15(10-12)29-19(21-14)22-17(26)16-13(20)11-24(3)23-16/h6-7,10-11H,4-5,8-9H2,1-3H3,(H,21,22,26)/p+1. The Morgan fingerprint density at radius 3 is 2.72 bits per heavy atom. The smallest absolute Gasteiger partial charge is 0.338 e. The van der Waals surface area contributed by atoms with Gasteiger partial charge in [0.05, 0.1) is 33.9 Å². The molecule has 8 nitrogen and oxygen atoms in total. The molecule has 0 fully saturated rings. The number of amides is 1. The van der Waals surface area contributed by atoms with E-state index in [4.69, 9.17) is 16.3 Å². The van der Waals surface area contributed by atoms with Crippen LogP contribution in [0, 0.1) is 0 Å². The summed E-state index contributed by atoms with van der Waals surface area (Å²) in [6.07, 6.45) is 1.55. The van der Waals surface area contributed by atoms with Gasteiger partial charge in [-0.1, -0.05) is 22.9 Å². The number of carbonyl (C=O) groups is 2. The average molecular weight is 437 g/mol. The van der Waals surface area contributed by atoms with E-state index < -0.39 is 5.91 Å². The maximum absolute atomic E-state index is 12.3. The van der Waals surface area contributed by atoms with Crippen LogP contribution in [-0.4, -0.2) is 52.9 Å². The highest BCUT2D eigenvalue weighted by Crippen LogP contribution is 2.28. The van der Waals surface area contributed by atoms with Crippen molar-refractivity contribution in [2.24, 2.45) is 7.05 Å². The summed E-state index contributed by atoms with van der Waals surface area (Å²) >= 11 is 7.27. The van der Waals surface area contributed by atoms with Crippen LogP contribution >= 0.6 is 22.9 Å². The van der Waals surface area contributed by atoms with E-state index in [-0.39, 0.29) is 16.7 Å². The molecular formula is C19H23ClN5O3S+. The normalized spacial score (nSPS) is 11.2. The number of benzene rings is 1. The predicted octanol–water partition coefficient (Wildman–Crippen LogP) is 2.02. The Bertz CT molecular complexity index is 1030. The number of hydrogen-bond donors (Lipinski definition) is 2. The van der Waals surface area contributed by atoms with Gasteiger partial charge in [-0.3, -0.25) is 14.8 Å². The Morgan fingerprint density at radius 2 is 2.07 bits per heavy atom. The van der Waals surface area contributed by atoms with Gasteiger partial charge in [-0.15, -0.1) is 0 Å². The van der Waals surface area contributed by atoms with Crippen molar-refractivity contribution in [3.63, 3.8) is 0 Å². The number of nitrogens with one attached hydrogen (secondary N) is 2. The second-order valence-electron chi connectivity index (χ2n) is 6.50. The Hall–Kier alpha value is -2.49. The Balaban J connectivity index is 1.67. The second kappa shape index (κ2) is 9.34. The zero-order valence-electron chi connectivity index (χ0n) is 16.5.